The van der Waals surface area contributed by atoms with Gasteiger partial charge in [-0.05, 0) is 4.53 Å². The first-order chi connectivity index (χ1) is 7.93. The van der Waals surface area contributed by atoms with Gasteiger partial charge in [0.05, 0.1) is 0 Å². The Morgan fingerprint density at radius 3 is 1.37 bits per heavy atom. The van der Waals surface area contributed by atoms with Crippen molar-refractivity contribution in [2.45, 2.75) is 18.8 Å². The number of hydrogen-bond donors (Lipinski definition) is 1. The molecule has 0 rings (SSSR count). The molecule has 19 heavy (non-hydrogen) atoms. The SMILES string of the molecule is C.FCC(F)(F)OF.FI.O=S(=O)(O)C(F)(F)CF. The molecule has 0 atom stereocenters. The Bertz CT molecular complexity index is 292. The molecule has 0 aromatic rings. The maximum Gasteiger partial charge on any atom is 0.413 e. The zero-order valence-electron chi connectivity index (χ0n) is 7.90. The van der Waals surface area contributed by atoms with E-state index in [2.05, 4.69) is 0 Å². The van der Waals surface area contributed by atoms with Crippen LogP contribution in [-0.4, -0.2) is 37.7 Å². The molecular weight excluding hydrogens is 435 g/mol. The molecule has 0 saturated carbocycles. The van der Waals surface area contributed by atoms with Gasteiger partial charge in [0.25, 0.3) is 0 Å². The third kappa shape index (κ3) is 14.3. The highest BCUT2D eigenvalue weighted by molar-refractivity contribution is 14.1. The molecule has 0 aliphatic carbocycles. The third-order valence-corrected chi connectivity index (χ3v) is 1.67. The Hall–Kier alpha value is 0.0400. The maximum atomic E-state index is 11.4. The van der Waals surface area contributed by atoms with Crippen molar-refractivity contribution in [3.05, 3.63) is 0 Å². The van der Waals surface area contributed by atoms with Crippen LogP contribution in [0.25, 0.3) is 0 Å². The first-order valence-electron chi connectivity index (χ1n) is 3.22. The highest BCUT2D eigenvalue weighted by Crippen LogP contribution is 2.19. The van der Waals surface area contributed by atoms with Gasteiger partial charge in [-0.1, -0.05) is 7.43 Å². The first kappa shape index (κ1) is 27.4. The van der Waals surface area contributed by atoms with E-state index < -0.39 is 34.8 Å². The quantitative estimate of drug-likeness (QED) is 0.407. The van der Waals surface area contributed by atoms with E-state index in [9.17, 15) is 42.1 Å². The number of rotatable bonds is 4. The van der Waals surface area contributed by atoms with Gasteiger partial charge in [-0.2, -0.15) is 28.8 Å². The second-order valence-electron chi connectivity index (χ2n) is 2.09. The lowest BCUT2D eigenvalue weighted by atomic mass is 10.7. The summed E-state index contributed by atoms with van der Waals surface area (Å²) in [7, 11) is -5.56. The predicted octanol–water partition coefficient (Wildman–Crippen LogP) is 3.83. The Morgan fingerprint density at radius 1 is 1.05 bits per heavy atom. The van der Waals surface area contributed by atoms with Gasteiger partial charge >= 0.3 is 21.5 Å². The summed E-state index contributed by atoms with van der Waals surface area (Å²) in [5.41, 5.74) is 0. The van der Waals surface area contributed by atoms with E-state index in [1.165, 1.54) is 0 Å². The largest absolute Gasteiger partial charge is 0.413 e. The highest BCUT2D eigenvalue weighted by Gasteiger charge is 2.44. The minimum absolute atomic E-state index is 0. The second-order valence-corrected chi connectivity index (χ2v) is 3.64. The monoisotopic (exact) mass is 444 g/mol. The van der Waals surface area contributed by atoms with Gasteiger partial charge < -0.3 is 0 Å². The van der Waals surface area contributed by atoms with Crippen molar-refractivity contribution in [2.24, 2.45) is 0 Å². The summed E-state index contributed by atoms with van der Waals surface area (Å²) in [6.07, 6.45) is -4.25. The summed E-state index contributed by atoms with van der Waals surface area (Å²) in [4.78, 5) is 1.88. The molecule has 0 fully saturated rings. The van der Waals surface area contributed by atoms with Crippen molar-refractivity contribution in [3.8, 4) is 0 Å². The molecule has 4 nitrogen and oxygen atoms in total. The fraction of sp³-hybridized carbons (Fsp3) is 1.00. The molecule has 122 valence electrons. The topological polar surface area (TPSA) is 63.6 Å². The predicted molar refractivity (Wildman–Crippen MR) is 57.4 cm³/mol. The van der Waals surface area contributed by atoms with Crippen LogP contribution in [0.15, 0.2) is 0 Å². The van der Waals surface area contributed by atoms with E-state index in [1.54, 1.807) is 0 Å². The fourth-order valence-electron chi connectivity index (χ4n) is 0.0896. The van der Waals surface area contributed by atoms with Crippen molar-refractivity contribution < 1.29 is 51.6 Å². The van der Waals surface area contributed by atoms with Crippen LogP contribution in [0.3, 0.4) is 0 Å². The van der Waals surface area contributed by atoms with Crippen LogP contribution in [0.2, 0.25) is 0 Å². The van der Waals surface area contributed by atoms with Crippen LogP contribution in [0.1, 0.15) is 7.43 Å². The summed E-state index contributed by atoms with van der Waals surface area (Å²) >= 11 is 0.650. The third-order valence-electron chi connectivity index (χ3n) is 0.801. The van der Waals surface area contributed by atoms with E-state index in [-0.39, 0.29) is 7.43 Å². The molecule has 0 aliphatic heterocycles. The Balaban J connectivity index is -0.000000102. The van der Waals surface area contributed by atoms with Gasteiger partial charge in [-0.15, -0.1) is 4.94 Å². The molecule has 0 aliphatic rings. The normalized spacial score (nSPS) is 11.3. The molecule has 1 N–H and O–H groups in total. The standard InChI is InChI=1S/C2H2F4O.C2H3F3O3S.CH4.FI/c3-1-2(4,5)7-6;3-1-2(4,5)9(6,7)8;;1-2/h1H2;1H2,(H,6,7,8);1H4;. The lowest BCUT2D eigenvalue weighted by Crippen LogP contribution is -2.30. The van der Waals surface area contributed by atoms with Crippen molar-refractivity contribution in [3.63, 3.8) is 0 Å². The zero-order valence-corrected chi connectivity index (χ0v) is 10.9. The van der Waals surface area contributed by atoms with Gasteiger partial charge in [-0.3, -0.25) is 4.55 Å². The molecule has 0 heterocycles. The second kappa shape index (κ2) is 11.8. The lowest BCUT2D eigenvalue weighted by molar-refractivity contribution is -0.357. The zero-order chi connectivity index (χ0) is 15.6. The fourth-order valence-corrected chi connectivity index (χ4v) is 0.227. The molecule has 0 radical (unpaired) electrons. The maximum absolute atomic E-state index is 11.4. The molecule has 0 aromatic heterocycles. The molecule has 14 heteroatoms. The van der Waals surface area contributed by atoms with Crippen molar-refractivity contribution in [1.82, 2.24) is 0 Å². The molecular formula is C5H9F8IO4S. The van der Waals surface area contributed by atoms with E-state index in [0.29, 0.717) is 23.2 Å². The van der Waals surface area contributed by atoms with Crippen LogP contribution in [0.4, 0.5) is 33.7 Å². The first-order valence-corrected chi connectivity index (χ1v) is 5.47. The summed E-state index contributed by atoms with van der Waals surface area (Å²) in [6, 6.07) is 0. The molecule has 0 unspecified atom stereocenters. The minimum atomic E-state index is -5.56. The smallest absolute Gasteiger partial charge is 0.281 e. The average Bonchev–Trinajstić information content (AvgIpc) is 2.31. The summed E-state index contributed by atoms with van der Waals surface area (Å²) in [6.45, 7) is -4.55. The number of halogens is 9. The van der Waals surface area contributed by atoms with Crippen molar-refractivity contribution >= 4 is 33.3 Å². The van der Waals surface area contributed by atoms with Gasteiger partial charge in [-0.25, -0.2) is 8.78 Å². The molecule has 0 aromatic carbocycles. The van der Waals surface area contributed by atoms with Gasteiger partial charge in [0, 0.05) is 0 Å². The molecule has 0 bridgehead atoms. The number of hydrogen-bond acceptors (Lipinski definition) is 3. The summed E-state index contributed by atoms with van der Waals surface area (Å²) < 4.78 is 113. The minimum Gasteiger partial charge on any atom is -0.281 e. The van der Waals surface area contributed by atoms with Crippen molar-refractivity contribution in [1.29, 1.82) is 0 Å². The van der Waals surface area contributed by atoms with E-state index in [0.717, 1.165) is 0 Å². The van der Waals surface area contributed by atoms with E-state index in [4.69, 9.17) is 4.55 Å². The molecule has 0 amide bonds. The van der Waals surface area contributed by atoms with Crippen LogP contribution < -0.4 is 0 Å². The molecule has 0 spiro atoms. The summed E-state index contributed by atoms with van der Waals surface area (Å²) in [5, 5.41) is -4.66. The van der Waals surface area contributed by atoms with Crippen LogP contribution in [-0.2, 0) is 15.1 Å². The van der Waals surface area contributed by atoms with Gasteiger partial charge in [0.15, 0.2) is 36.5 Å². The lowest BCUT2D eigenvalue weighted by Gasteiger charge is -2.05. The van der Waals surface area contributed by atoms with Crippen LogP contribution >= 0.6 is 23.2 Å². The number of alkyl halides is 6. The summed E-state index contributed by atoms with van der Waals surface area (Å²) in [5.74, 6) is 0. The van der Waals surface area contributed by atoms with E-state index in [1.807, 2.05) is 4.94 Å². The average molecular weight is 444 g/mol. The van der Waals surface area contributed by atoms with Gasteiger partial charge in [0.2, 0.25) is 0 Å². The van der Waals surface area contributed by atoms with Gasteiger partial charge in [0.1, 0.15) is 0 Å². The van der Waals surface area contributed by atoms with Crippen LogP contribution in [0, 0.1) is 0 Å². The van der Waals surface area contributed by atoms with E-state index >= 15 is 0 Å². The Kier molecular flexibility index (Phi) is 17.1. The highest BCUT2D eigenvalue weighted by atomic mass is 127. The molecule has 0 saturated heterocycles. The van der Waals surface area contributed by atoms with Crippen LogP contribution in [0.5, 0.6) is 0 Å². The Morgan fingerprint density at radius 2 is 1.37 bits per heavy atom. The Labute approximate surface area is 117 Å². The van der Waals surface area contributed by atoms with Crippen molar-refractivity contribution in [2.75, 3.05) is 13.3 Å².